The molecule has 3 heterocycles. The Morgan fingerprint density at radius 1 is 0.365 bits per heavy atom. The fourth-order valence-electron chi connectivity index (χ4n) is 2.97. The van der Waals surface area contributed by atoms with Crippen LogP contribution in [0.3, 0.4) is 0 Å². The van der Waals surface area contributed by atoms with Gasteiger partial charge in [-0.2, -0.15) is 0 Å². The van der Waals surface area contributed by atoms with Crippen LogP contribution in [0.2, 0.25) is 0 Å². The maximum absolute atomic E-state index is 5.82. The van der Waals surface area contributed by atoms with Crippen LogP contribution in [-0.2, 0) is 22.8 Å². The summed E-state index contributed by atoms with van der Waals surface area (Å²) in [6.45, 7) is 3.14. The second kappa shape index (κ2) is 19.3. The molecule has 0 aliphatic carbocycles. The molecule has 52 heavy (non-hydrogen) atoms. The first-order valence-corrected chi connectivity index (χ1v) is 19.4. The SMILES string of the molecule is COc1ccc(-c2nc(C(Cl)(Cl)Cl)nc(C(Cl)(Cl)Cl)n2)cc1.Cc1nc(C(Cl)(Cl)Cl)nc(C(Cl)(Cl)Cl)n1.Cc1nc(C(Cl)(Cl)Cl)nc(C(Cl)(Cl)Cl)n1. The summed E-state index contributed by atoms with van der Waals surface area (Å²) >= 11 is 102. The van der Waals surface area contributed by atoms with Crippen molar-refractivity contribution in [3.05, 3.63) is 70.9 Å². The van der Waals surface area contributed by atoms with Crippen molar-refractivity contribution >= 4 is 209 Å². The third kappa shape index (κ3) is 16.3. The van der Waals surface area contributed by atoms with Gasteiger partial charge in [-0.25, -0.2) is 44.9 Å². The maximum Gasteiger partial charge on any atom is 0.250 e. The van der Waals surface area contributed by atoms with Gasteiger partial charge in [0.15, 0.2) is 40.8 Å². The molecule has 0 N–H and O–H groups in total. The topological polar surface area (TPSA) is 125 Å². The lowest BCUT2D eigenvalue weighted by Gasteiger charge is -2.15. The first-order valence-electron chi connectivity index (χ1n) is 12.6. The van der Waals surface area contributed by atoms with Gasteiger partial charge in [-0.1, -0.05) is 209 Å². The summed E-state index contributed by atoms with van der Waals surface area (Å²) in [6, 6.07) is 6.89. The number of aromatic nitrogens is 9. The van der Waals surface area contributed by atoms with Crippen LogP contribution in [-0.4, -0.2) is 52.0 Å². The van der Waals surface area contributed by atoms with Crippen LogP contribution in [0.1, 0.15) is 46.6 Å². The van der Waals surface area contributed by atoms with Crippen LogP contribution in [0.4, 0.5) is 0 Å². The molecule has 286 valence electrons. The molecule has 0 saturated heterocycles. The van der Waals surface area contributed by atoms with Crippen molar-refractivity contribution in [2.45, 2.75) is 36.6 Å². The molecule has 0 bridgehead atoms. The maximum atomic E-state index is 5.82. The van der Waals surface area contributed by atoms with E-state index < -0.39 is 22.8 Å². The van der Waals surface area contributed by atoms with Crippen LogP contribution < -0.4 is 4.74 Å². The molecule has 0 aliphatic heterocycles. The van der Waals surface area contributed by atoms with Crippen LogP contribution >= 0.6 is 209 Å². The van der Waals surface area contributed by atoms with Gasteiger partial charge in [-0.15, -0.1) is 0 Å². The van der Waals surface area contributed by atoms with Gasteiger partial charge in [0.05, 0.1) is 7.11 Å². The van der Waals surface area contributed by atoms with Gasteiger partial charge >= 0.3 is 0 Å². The van der Waals surface area contributed by atoms with Gasteiger partial charge in [-0.3, -0.25) is 0 Å². The van der Waals surface area contributed by atoms with Crippen LogP contribution in [0, 0.1) is 13.8 Å². The number of aryl methyl sites for hydroxylation is 2. The summed E-state index contributed by atoms with van der Waals surface area (Å²) in [5.74, 6) is 0.867. The van der Waals surface area contributed by atoms with Crippen LogP contribution in [0.25, 0.3) is 11.4 Å². The Morgan fingerprint density at radius 3 is 0.808 bits per heavy atom. The molecular weight excluding hydrogens is 1070 g/mol. The van der Waals surface area contributed by atoms with E-state index in [0.717, 1.165) is 0 Å². The number of hydrogen-bond donors (Lipinski definition) is 0. The molecule has 28 heteroatoms. The highest BCUT2D eigenvalue weighted by Gasteiger charge is 2.36. The van der Waals surface area contributed by atoms with E-state index in [-0.39, 0.29) is 40.8 Å². The summed E-state index contributed by atoms with van der Waals surface area (Å²) in [6.07, 6.45) is 0. The van der Waals surface area contributed by atoms with Gasteiger partial charge in [0.2, 0.25) is 22.8 Å². The zero-order valence-corrected chi connectivity index (χ0v) is 38.7. The van der Waals surface area contributed by atoms with Gasteiger partial charge in [0.1, 0.15) is 17.4 Å². The van der Waals surface area contributed by atoms with Crippen LogP contribution in [0.15, 0.2) is 24.3 Å². The summed E-state index contributed by atoms with van der Waals surface area (Å²) in [5, 5.41) is 0. The Morgan fingerprint density at radius 2 is 0.596 bits per heavy atom. The number of halogens is 18. The Balaban J connectivity index is 0.000000279. The molecule has 0 spiro atoms. The largest absolute Gasteiger partial charge is 0.497 e. The number of ether oxygens (including phenoxy) is 1. The molecule has 1 aromatic carbocycles. The quantitative estimate of drug-likeness (QED) is 0.179. The van der Waals surface area contributed by atoms with E-state index in [1.165, 1.54) is 0 Å². The second-order valence-corrected chi connectivity index (χ2v) is 22.8. The van der Waals surface area contributed by atoms with Gasteiger partial charge in [-0.05, 0) is 38.1 Å². The molecular formula is C24H13Cl18N9O. The average molecular weight is 1080 g/mol. The minimum Gasteiger partial charge on any atom is -0.497 e. The van der Waals surface area contributed by atoms with Crippen molar-refractivity contribution in [3.8, 4) is 17.1 Å². The average Bonchev–Trinajstić information content (AvgIpc) is 2.98. The molecule has 3 aromatic heterocycles. The minimum absolute atomic E-state index is 0.0821. The zero-order valence-electron chi connectivity index (χ0n) is 25.0. The van der Waals surface area contributed by atoms with Crippen molar-refractivity contribution in [2.24, 2.45) is 0 Å². The van der Waals surface area contributed by atoms with E-state index in [1.54, 1.807) is 45.2 Å². The second-order valence-electron chi connectivity index (χ2n) is 9.08. The van der Waals surface area contributed by atoms with Crippen molar-refractivity contribution in [2.75, 3.05) is 7.11 Å². The minimum atomic E-state index is -1.88. The third-order valence-corrected chi connectivity index (χ3v) is 8.04. The van der Waals surface area contributed by atoms with Crippen molar-refractivity contribution in [3.63, 3.8) is 0 Å². The van der Waals surface area contributed by atoms with E-state index in [9.17, 15) is 0 Å². The Bertz CT molecular complexity index is 1650. The molecule has 0 aliphatic rings. The lowest BCUT2D eigenvalue weighted by atomic mass is 10.2. The smallest absolute Gasteiger partial charge is 0.250 e. The highest BCUT2D eigenvalue weighted by atomic mass is 35.6. The van der Waals surface area contributed by atoms with E-state index in [4.69, 9.17) is 214 Å². The number of nitrogens with zero attached hydrogens (tertiary/aromatic N) is 9. The standard InChI is InChI=1S/C12H7Cl6N3O.2C6H3Cl6N3/c1-22-7-4-2-6(3-5-7)8-19-9(11(13,14)15)21-10(20-8)12(16,17)18;2*1-2-13-3(5(7,8)9)15-4(14-2)6(10,11)12/h2-5H,1H3;2*1H3. The summed E-state index contributed by atoms with van der Waals surface area (Å²) in [7, 11) is 1.56. The molecule has 10 nitrogen and oxygen atoms in total. The molecule has 4 aromatic rings. The van der Waals surface area contributed by atoms with E-state index in [0.29, 0.717) is 23.0 Å². The Labute approximate surface area is 385 Å². The fraction of sp³-hybridized carbons (Fsp3) is 0.375. The van der Waals surface area contributed by atoms with E-state index >= 15 is 0 Å². The van der Waals surface area contributed by atoms with Gasteiger partial charge in [0.25, 0.3) is 0 Å². The van der Waals surface area contributed by atoms with Crippen molar-refractivity contribution in [1.82, 2.24) is 44.9 Å². The normalized spacial score (nSPS) is 12.7. The molecule has 0 radical (unpaired) electrons. The first kappa shape index (κ1) is 49.4. The molecule has 0 unspecified atom stereocenters. The number of benzene rings is 1. The number of methoxy groups -OCH3 is 1. The zero-order chi connectivity index (χ0) is 40.3. The fourth-order valence-corrected chi connectivity index (χ4v) is 4.49. The lowest BCUT2D eigenvalue weighted by molar-refractivity contribution is 0.415. The van der Waals surface area contributed by atoms with Gasteiger partial charge in [0, 0.05) is 5.56 Å². The van der Waals surface area contributed by atoms with E-state index in [2.05, 4.69) is 44.9 Å². The monoisotopic (exact) mass is 1070 g/mol. The Hall–Kier alpha value is 1.27. The summed E-state index contributed by atoms with van der Waals surface area (Å²) < 4.78 is -5.80. The number of hydrogen-bond acceptors (Lipinski definition) is 10. The van der Waals surface area contributed by atoms with Crippen LogP contribution in [0.5, 0.6) is 5.75 Å². The third-order valence-electron chi connectivity index (χ3n) is 5.00. The highest BCUT2D eigenvalue weighted by molar-refractivity contribution is 6.69. The predicted octanol–water partition coefficient (Wildman–Crippen LogP) is 12.9. The number of alkyl halides is 18. The van der Waals surface area contributed by atoms with Crippen molar-refractivity contribution < 1.29 is 4.74 Å². The molecule has 0 fully saturated rings. The lowest BCUT2D eigenvalue weighted by Crippen LogP contribution is -2.16. The summed E-state index contributed by atoms with van der Waals surface area (Å²) in [4.78, 5) is 34.9. The molecule has 0 amide bonds. The highest BCUT2D eigenvalue weighted by Crippen LogP contribution is 2.42. The molecule has 0 saturated carbocycles. The summed E-state index contributed by atoms with van der Waals surface area (Å²) in [5.41, 5.74) is 0.620. The Kier molecular flexibility index (Phi) is 18.4. The number of rotatable bonds is 2. The first-order chi connectivity index (χ1) is 23.3. The van der Waals surface area contributed by atoms with Crippen molar-refractivity contribution in [1.29, 1.82) is 0 Å². The molecule has 0 atom stereocenters. The van der Waals surface area contributed by atoms with E-state index in [1.807, 2.05) is 0 Å². The van der Waals surface area contributed by atoms with Gasteiger partial charge < -0.3 is 4.74 Å². The predicted molar refractivity (Wildman–Crippen MR) is 216 cm³/mol. The molecule has 4 rings (SSSR count).